The van der Waals surface area contributed by atoms with Crippen LogP contribution in [0.2, 0.25) is 5.02 Å². The molecule has 0 aromatic heterocycles. The number of rotatable bonds is 4. The molecule has 0 aliphatic carbocycles. The summed E-state index contributed by atoms with van der Waals surface area (Å²) >= 11 is 5.59. The summed E-state index contributed by atoms with van der Waals surface area (Å²) in [4.78, 5) is 11.5. The maximum atomic E-state index is 13.3. The fraction of sp³-hybridized carbons (Fsp3) is 0.364. The number of nitrogens with one attached hydrogen (secondary N) is 2. The summed E-state index contributed by atoms with van der Waals surface area (Å²) in [6.45, 7) is 2.16. The van der Waals surface area contributed by atoms with Gasteiger partial charge >= 0.3 is 6.03 Å². The quantitative estimate of drug-likeness (QED) is 0.874. The second-order valence-corrected chi connectivity index (χ2v) is 4.02. The minimum absolute atomic E-state index is 0.0801. The summed E-state index contributed by atoms with van der Waals surface area (Å²) in [6.07, 6.45) is 0. The Kier molecular flexibility index (Phi) is 5.18. The predicted octanol–water partition coefficient (Wildman–Crippen LogP) is 2.64. The van der Waals surface area contributed by atoms with E-state index in [1.807, 2.05) is 0 Å². The highest BCUT2D eigenvalue weighted by atomic mass is 35.5. The van der Waals surface area contributed by atoms with Crippen LogP contribution in [-0.2, 0) is 4.74 Å². The van der Waals surface area contributed by atoms with Crippen molar-refractivity contribution >= 4 is 23.3 Å². The molecule has 0 aliphatic heterocycles. The van der Waals surface area contributed by atoms with Gasteiger partial charge in [0.1, 0.15) is 5.82 Å². The first-order valence-electron chi connectivity index (χ1n) is 5.04. The number of carbonyl (C=O) groups excluding carboxylic acids is 1. The Bertz CT molecular complexity index is 401. The molecule has 2 amide bonds. The first-order chi connectivity index (χ1) is 8.02. The standard InChI is InChI=1S/C11H14ClFN2O2/c1-7(6-17-2)14-11(16)15-10-4-3-8(12)5-9(10)13/h3-5,7H,6H2,1-2H3,(H2,14,15,16). The zero-order valence-electron chi connectivity index (χ0n) is 9.59. The van der Waals surface area contributed by atoms with Crippen molar-refractivity contribution < 1.29 is 13.9 Å². The summed E-state index contributed by atoms with van der Waals surface area (Å²) in [5.74, 6) is -0.577. The third-order valence-electron chi connectivity index (χ3n) is 1.97. The Morgan fingerprint density at radius 2 is 2.29 bits per heavy atom. The molecule has 0 fully saturated rings. The minimum atomic E-state index is -0.577. The average molecular weight is 261 g/mol. The molecule has 0 saturated heterocycles. The number of amides is 2. The van der Waals surface area contributed by atoms with Gasteiger partial charge in [-0.1, -0.05) is 11.6 Å². The molecule has 1 atom stereocenters. The van der Waals surface area contributed by atoms with Gasteiger partial charge < -0.3 is 15.4 Å². The lowest BCUT2D eigenvalue weighted by molar-refractivity contribution is 0.173. The van der Waals surface area contributed by atoms with Crippen molar-refractivity contribution in [2.75, 3.05) is 19.0 Å². The number of halogens is 2. The molecule has 0 radical (unpaired) electrons. The molecule has 0 bridgehead atoms. The molecule has 1 aromatic rings. The van der Waals surface area contributed by atoms with Crippen molar-refractivity contribution in [1.82, 2.24) is 5.32 Å². The first kappa shape index (κ1) is 13.7. The van der Waals surface area contributed by atoms with E-state index >= 15 is 0 Å². The number of benzene rings is 1. The lowest BCUT2D eigenvalue weighted by Gasteiger charge is -2.13. The molecule has 94 valence electrons. The van der Waals surface area contributed by atoms with Crippen molar-refractivity contribution in [1.29, 1.82) is 0 Å². The average Bonchev–Trinajstić information content (AvgIpc) is 2.22. The number of carbonyl (C=O) groups is 1. The van der Waals surface area contributed by atoms with Crippen LogP contribution in [0.3, 0.4) is 0 Å². The Labute approximate surface area is 104 Å². The van der Waals surface area contributed by atoms with Gasteiger partial charge in [0.15, 0.2) is 0 Å². The molecular weight excluding hydrogens is 247 g/mol. The first-order valence-corrected chi connectivity index (χ1v) is 5.42. The molecule has 0 heterocycles. The molecule has 6 heteroatoms. The number of hydrogen-bond donors (Lipinski definition) is 2. The molecule has 0 aliphatic rings. The van der Waals surface area contributed by atoms with Crippen LogP contribution in [0.25, 0.3) is 0 Å². The molecule has 17 heavy (non-hydrogen) atoms. The van der Waals surface area contributed by atoms with Gasteiger partial charge in [0, 0.05) is 12.1 Å². The Morgan fingerprint density at radius 1 is 1.59 bits per heavy atom. The van der Waals surface area contributed by atoms with Gasteiger partial charge in [-0.15, -0.1) is 0 Å². The lowest BCUT2D eigenvalue weighted by Crippen LogP contribution is -2.38. The number of ether oxygens (including phenoxy) is 1. The molecular formula is C11H14ClFN2O2. The van der Waals surface area contributed by atoms with Crippen LogP contribution < -0.4 is 10.6 Å². The van der Waals surface area contributed by atoms with Crippen LogP contribution in [0.4, 0.5) is 14.9 Å². The second-order valence-electron chi connectivity index (χ2n) is 3.58. The van der Waals surface area contributed by atoms with E-state index in [4.69, 9.17) is 16.3 Å². The summed E-state index contributed by atoms with van der Waals surface area (Å²) in [6, 6.07) is 3.39. The highest BCUT2D eigenvalue weighted by molar-refractivity contribution is 6.30. The van der Waals surface area contributed by atoms with Gasteiger partial charge in [-0.25, -0.2) is 9.18 Å². The third kappa shape index (κ3) is 4.58. The van der Waals surface area contributed by atoms with Crippen molar-refractivity contribution in [2.24, 2.45) is 0 Å². The molecule has 0 saturated carbocycles. The maximum Gasteiger partial charge on any atom is 0.319 e. The van der Waals surface area contributed by atoms with Gasteiger partial charge in [-0.2, -0.15) is 0 Å². The van der Waals surface area contributed by atoms with E-state index in [-0.39, 0.29) is 16.8 Å². The Balaban J connectivity index is 2.56. The highest BCUT2D eigenvalue weighted by Crippen LogP contribution is 2.18. The van der Waals surface area contributed by atoms with E-state index in [2.05, 4.69) is 10.6 Å². The maximum absolute atomic E-state index is 13.3. The van der Waals surface area contributed by atoms with Gasteiger partial charge in [0.05, 0.1) is 18.3 Å². The smallest absolute Gasteiger partial charge is 0.319 e. The van der Waals surface area contributed by atoms with Crippen molar-refractivity contribution in [3.05, 3.63) is 29.0 Å². The zero-order chi connectivity index (χ0) is 12.8. The van der Waals surface area contributed by atoms with Crippen LogP contribution in [-0.4, -0.2) is 25.8 Å². The molecule has 0 spiro atoms. The third-order valence-corrected chi connectivity index (χ3v) is 2.21. The van der Waals surface area contributed by atoms with Gasteiger partial charge in [-0.3, -0.25) is 0 Å². The molecule has 1 unspecified atom stereocenters. The van der Waals surface area contributed by atoms with Crippen molar-refractivity contribution in [3.8, 4) is 0 Å². The van der Waals surface area contributed by atoms with Gasteiger partial charge in [0.2, 0.25) is 0 Å². The van der Waals surface area contributed by atoms with E-state index in [1.54, 1.807) is 6.92 Å². The monoisotopic (exact) mass is 260 g/mol. The number of anilines is 1. The van der Waals surface area contributed by atoms with Crippen LogP contribution in [0.1, 0.15) is 6.92 Å². The topological polar surface area (TPSA) is 50.4 Å². The fourth-order valence-electron chi connectivity index (χ4n) is 1.26. The summed E-state index contributed by atoms with van der Waals surface area (Å²) in [5, 5.41) is 5.26. The number of methoxy groups -OCH3 is 1. The summed E-state index contributed by atoms with van der Waals surface area (Å²) in [5.41, 5.74) is 0.0801. The van der Waals surface area contributed by atoms with Crippen LogP contribution >= 0.6 is 11.6 Å². The normalized spacial score (nSPS) is 12.0. The van der Waals surface area contributed by atoms with E-state index in [1.165, 1.54) is 19.2 Å². The molecule has 1 aromatic carbocycles. The van der Waals surface area contributed by atoms with E-state index in [0.29, 0.717) is 6.61 Å². The van der Waals surface area contributed by atoms with Crippen molar-refractivity contribution in [3.63, 3.8) is 0 Å². The predicted molar refractivity (Wildman–Crippen MR) is 64.9 cm³/mol. The van der Waals surface area contributed by atoms with Crippen LogP contribution in [0.5, 0.6) is 0 Å². The van der Waals surface area contributed by atoms with Gasteiger partial charge in [0.25, 0.3) is 0 Å². The molecule has 4 nitrogen and oxygen atoms in total. The van der Waals surface area contributed by atoms with E-state index in [9.17, 15) is 9.18 Å². The van der Waals surface area contributed by atoms with E-state index in [0.717, 1.165) is 6.07 Å². The highest BCUT2D eigenvalue weighted by Gasteiger charge is 2.09. The molecule has 1 rings (SSSR count). The number of hydrogen-bond acceptors (Lipinski definition) is 2. The van der Waals surface area contributed by atoms with Crippen LogP contribution in [0, 0.1) is 5.82 Å². The van der Waals surface area contributed by atoms with Crippen LogP contribution in [0.15, 0.2) is 18.2 Å². The van der Waals surface area contributed by atoms with Gasteiger partial charge in [-0.05, 0) is 25.1 Å². The Hall–Kier alpha value is -1.33. The largest absolute Gasteiger partial charge is 0.383 e. The Morgan fingerprint density at radius 3 is 2.88 bits per heavy atom. The number of urea groups is 1. The lowest BCUT2D eigenvalue weighted by atomic mass is 10.3. The van der Waals surface area contributed by atoms with Crippen molar-refractivity contribution in [2.45, 2.75) is 13.0 Å². The SMILES string of the molecule is COCC(C)NC(=O)Nc1ccc(Cl)cc1F. The van der Waals surface area contributed by atoms with E-state index < -0.39 is 11.8 Å². The fourth-order valence-corrected chi connectivity index (χ4v) is 1.42. The molecule has 2 N–H and O–H groups in total. The zero-order valence-corrected chi connectivity index (χ0v) is 10.3. The minimum Gasteiger partial charge on any atom is -0.383 e. The summed E-state index contributed by atoms with van der Waals surface area (Å²) < 4.78 is 18.2. The second kappa shape index (κ2) is 6.42. The summed E-state index contributed by atoms with van der Waals surface area (Å²) in [7, 11) is 1.54.